The molecule has 1 heterocycles. The topological polar surface area (TPSA) is 65.4 Å². The van der Waals surface area contributed by atoms with Gasteiger partial charge in [-0.15, -0.1) is 0 Å². The third-order valence-electron chi connectivity index (χ3n) is 5.96. The highest BCUT2D eigenvalue weighted by Crippen LogP contribution is 2.45. The molecule has 1 unspecified atom stereocenters. The molecule has 0 saturated carbocycles. The number of rotatable bonds is 6. The Bertz CT molecular complexity index is 1070. The van der Waals surface area contributed by atoms with Gasteiger partial charge in [0.2, 0.25) is 0 Å². The van der Waals surface area contributed by atoms with E-state index in [1.54, 1.807) is 37.5 Å². The second-order valence-corrected chi connectivity index (χ2v) is 9.26. The van der Waals surface area contributed by atoms with Gasteiger partial charge in [-0.2, -0.15) is 5.26 Å². The van der Waals surface area contributed by atoms with Gasteiger partial charge in [-0.3, -0.25) is 4.79 Å². The molecular weight excluding hydrogens is 422 g/mol. The third-order valence-corrected chi connectivity index (χ3v) is 6.29. The summed E-state index contributed by atoms with van der Waals surface area (Å²) >= 11 is 6.64. The molecule has 1 aliphatic heterocycles. The number of halogens is 1. The number of carbonyl (C=O) groups is 1. The van der Waals surface area contributed by atoms with Gasteiger partial charge in [0.1, 0.15) is 17.4 Å². The van der Waals surface area contributed by atoms with Crippen LogP contribution in [-0.4, -0.2) is 25.1 Å². The van der Waals surface area contributed by atoms with Crippen molar-refractivity contribution >= 4 is 35.0 Å². The predicted molar refractivity (Wildman–Crippen MR) is 131 cm³/mol. The van der Waals surface area contributed by atoms with Gasteiger partial charge in [0.25, 0.3) is 5.91 Å². The average Bonchev–Trinajstić information content (AvgIpc) is 2.75. The molecule has 6 heteroatoms. The minimum atomic E-state index is -0.478. The molecule has 168 valence electrons. The Hall–Kier alpha value is -2.97. The van der Waals surface area contributed by atoms with Crippen molar-refractivity contribution in [3.63, 3.8) is 0 Å². The summed E-state index contributed by atoms with van der Waals surface area (Å²) in [6.45, 7) is 9.87. The molecule has 0 radical (unpaired) electrons. The fourth-order valence-corrected chi connectivity index (χ4v) is 4.67. The number of nitriles is 1. The molecule has 1 aliphatic rings. The molecule has 0 spiro atoms. The number of nitrogens with zero attached hydrogens (tertiary/aromatic N) is 2. The quantitative estimate of drug-likeness (QED) is 0.407. The van der Waals surface area contributed by atoms with Crippen molar-refractivity contribution in [2.75, 3.05) is 23.9 Å². The number of anilines is 2. The van der Waals surface area contributed by atoms with Crippen LogP contribution < -0.4 is 15.0 Å². The third kappa shape index (κ3) is 4.92. The Morgan fingerprint density at radius 3 is 2.62 bits per heavy atom. The summed E-state index contributed by atoms with van der Waals surface area (Å²) in [4.78, 5) is 15.1. The Balaban J connectivity index is 1.93. The molecule has 0 fully saturated rings. The second kappa shape index (κ2) is 9.67. The smallest absolute Gasteiger partial charge is 0.266 e. The highest BCUT2D eigenvalue weighted by Gasteiger charge is 2.36. The number of carbonyl (C=O) groups excluding carboxylic acids is 1. The van der Waals surface area contributed by atoms with Gasteiger partial charge >= 0.3 is 0 Å². The summed E-state index contributed by atoms with van der Waals surface area (Å²) in [5.74, 6) is 0.554. The van der Waals surface area contributed by atoms with Gasteiger partial charge in [-0.1, -0.05) is 25.4 Å². The lowest BCUT2D eigenvalue weighted by Crippen LogP contribution is -2.48. The molecule has 0 aromatic heterocycles. The molecule has 0 saturated heterocycles. The van der Waals surface area contributed by atoms with E-state index in [1.807, 2.05) is 18.2 Å². The van der Waals surface area contributed by atoms with Crippen LogP contribution in [0.25, 0.3) is 6.08 Å². The largest absolute Gasteiger partial charge is 0.497 e. The van der Waals surface area contributed by atoms with Crippen molar-refractivity contribution in [1.29, 1.82) is 5.26 Å². The van der Waals surface area contributed by atoms with E-state index in [2.05, 4.69) is 37.9 Å². The van der Waals surface area contributed by atoms with E-state index in [4.69, 9.17) is 16.3 Å². The Morgan fingerprint density at radius 1 is 1.34 bits per heavy atom. The van der Waals surface area contributed by atoms with E-state index in [0.29, 0.717) is 27.9 Å². The molecular formula is C26H30ClN3O2. The maximum atomic E-state index is 12.7. The fourth-order valence-electron chi connectivity index (χ4n) is 4.46. The van der Waals surface area contributed by atoms with Gasteiger partial charge in [0.15, 0.2) is 0 Å². The van der Waals surface area contributed by atoms with E-state index >= 15 is 0 Å². The Kier molecular flexibility index (Phi) is 7.16. The Morgan fingerprint density at radius 2 is 2.03 bits per heavy atom. The van der Waals surface area contributed by atoms with Crippen molar-refractivity contribution in [3.8, 4) is 11.8 Å². The summed E-state index contributed by atoms with van der Waals surface area (Å²) in [6, 6.07) is 13.0. The summed E-state index contributed by atoms with van der Waals surface area (Å²) in [5.41, 5.74) is 3.63. The monoisotopic (exact) mass is 451 g/mol. The minimum Gasteiger partial charge on any atom is -0.497 e. The number of ether oxygens (including phenoxy) is 1. The number of nitrogens with one attached hydrogen (secondary N) is 1. The predicted octanol–water partition coefficient (Wildman–Crippen LogP) is 6.40. The van der Waals surface area contributed by atoms with Crippen molar-refractivity contribution in [3.05, 3.63) is 58.1 Å². The van der Waals surface area contributed by atoms with Crippen LogP contribution in [0.5, 0.6) is 5.75 Å². The second-order valence-electron chi connectivity index (χ2n) is 8.85. The first kappa shape index (κ1) is 23.7. The molecule has 1 atom stereocenters. The van der Waals surface area contributed by atoms with Crippen LogP contribution in [0.2, 0.25) is 5.02 Å². The molecule has 0 bridgehead atoms. The van der Waals surface area contributed by atoms with Crippen molar-refractivity contribution < 1.29 is 9.53 Å². The van der Waals surface area contributed by atoms with Gasteiger partial charge in [-0.05, 0) is 86.2 Å². The standard InChI is InChI=1S/C26H30ClN3O2/c1-6-11-30-24-14-23(27)18(13-22(24)17(2)15-26(30,3)4)12-19(16-28)25(31)29-20-7-9-21(32-5)10-8-20/h7-10,12-14,17H,6,11,15H2,1-5H3,(H,29,31)/b19-12+. The van der Waals surface area contributed by atoms with Crippen molar-refractivity contribution in [1.82, 2.24) is 0 Å². The lowest BCUT2D eigenvalue weighted by molar-refractivity contribution is -0.112. The average molecular weight is 452 g/mol. The maximum Gasteiger partial charge on any atom is 0.266 e. The Labute approximate surface area is 195 Å². The molecule has 2 aromatic carbocycles. The fraction of sp³-hybridized carbons (Fsp3) is 0.385. The summed E-state index contributed by atoms with van der Waals surface area (Å²) in [5, 5.41) is 12.9. The molecule has 0 aliphatic carbocycles. The van der Waals surface area contributed by atoms with Crippen LogP contribution in [-0.2, 0) is 4.79 Å². The first-order valence-electron chi connectivity index (χ1n) is 10.9. The molecule has 5 nitrogen and oxygen atoms in total. The van der Waals surface area contributed by atoms with Gasteiger partial charge in [0.05, 0.1) is 7.11 Å². The number of benzene rings is 2. The molecule has 32 heavy (non-hydrogen) atoms. The number of fused-ring (bicyclic) bond motifs is 1. The number of hydrogen-bond donors (Lipinski definition) is 1. The first-order valence-corrected chi connectivity index (χ1v) is 11.3. The van der Waals surface area contributed by atoms with Crippen molar-refractivity contribution in [2.24, 2.45) is 0 Å². The normalized spacial score (nSPS) is 17.3. The van der Waals surface area contributed by atoms with E-state index in [-0.39, 0.29) is 11.1 Å². The van der Waals surface area contributed by atoms with Crippen LogP contribution in [0.3, 0.4) is 0 Å². The van der Waals surface area contributed by atoms with Gasteiger partial charge < -0.3 is 15.0 Å². The zero-order chi connectivity index (χ0) is 23.5. The lowest BCUT2D eigenvalue weighted by atomic mass is 9.79. The summed E-state index contributed by atoms with van der Waals surface area (Å²) < 4.78 is 5.13. The maximum absolute atomic E-state index is 12.7. The van der Waals surface area contributed by atoms with Crippen LogP contribution in [0.15, 0.2) is 42.0 Å². The molecule has 1 N–H and O–H groups in total. The minimum absolute atomic E-state index is 0.00289. The zero-order valence-electron chi connectivity index (χ0n) is 19.3. The van der Waals surface area contributed by atoms with E-state index in [0.717, 1.165) is 25.1 Å². The van der Waals surface area contributed by atoms with Gasteiger partial charge in [-0.25, -0.2) is 0 Å². The van der Waals surface area contributed by atoms with Crippen LogP contribution in [0.4, 0.5) is 11.4 Å². The molecule has 2 aromatic rings. The highest BCUT2D eigenvalue weighted by atomic mass is 35.5. The van der Waals surface area contributed by atoms with Gasteiger partial charge in [0, 0.05) is 28.5 Å². The van der Waals surface area contributed by atoms with E-state index in [1.165, 1.54) is 5.56 Å². The van der Waals surface area contributed by atoms with Crippen LogP contribution in [0.1, 0.15) is 57.6 Å². The first-order chi connectivity index (χ1) is 15.2. The van der Waals surface area contributed by atoms with E-state index in [9.17, 15) is 10.1 Å². The zero-order valence-corrected chi connectivity index (χ0v) is 20.1. The van der Waals surface area contributed by atoms with Crippen LogP contribution in [0, 0.1) is 11.3 Å². The number of hydrogen-bond acceptors (Lipinski definition) is 4. The van der Waals surface area contributed by atoms with Crippen LogP contribution >= 0.6 is 11.6 Å². The van der Waals surface area contributed by atoms with E-state index < -0.39 is 5.91 Å². The summed E-state index contributed by atoms with van der Waals surface area (Å²) in [6.07, 6.45) is 3.63. The molecule has 1 amide bonds. The SMILES string of the molecule is CCCN1c2cc(Cl)c(/C=C(\C#N)C(=O)Nc3ccc(OC)cc3)cc2C(C)CC1(C)C. The lowest BCUT2D eigenvalue weighted by Gasteiger charge is -2.47. The summed E-state index contributed by atoms with van der Waals surface area (Å²) in [7, 11) is 1.58. The number of amides is 1. The highest BCUT2D eigenvalue weighted by molar-refractivity contribution is 6.32. The van der Waals surface area contributed by atoms with Crippen molar-refractivity contribution in [2.45, 2.75) is 52.0 Å². The molecule has 3 rings (SSSR count). The number of methoxy groups -OCH3 is 1.